The van der Waals surface area contributed by atoms with Gasteiger partial charge in [0.2, 0.25) is 5.91 Å². The van der Waals surface area contributed by atoms with Crippen molar-refractivity contribution in [3.05, 3.63) is 24.0 Å². The molecule has 0 unspecified atom stereocenters. The second-order valence-electron chi connectivity index (χ2n) is 4.37. The van der Waals surface area contributed by atoms with Gasteiger partial charge in [-0.05, 0) is 43.9 Å². The number of pyridine rings is 1. The quantitative estimate of drug-likeness (QED) is 0.874. The maximum Gasteiger partial charge on any atom is 0.238 e. The molecule has 0 saturated heterocycles. The molecule has 18 heavy (non-hydrogen) atoms. The zero-order valence-corrected chi connectivity index (χ0v) is 11.9. The van der Waals surface area contributed by atoms with E-state index in [1.54, 1.807) is 12.4 Å². The number of nitrogens with zero attached hydrogens (tertiary/aromatic N) is 1. The summed E-state index contributed by atoms with van der Waals surface area (Å²) in [6.07, 6.45) is 6.03. The number of aromatic nitrogens is 1. The van der Waals surface area contributed by atoms with E-state index in [0.717, 1.165) is 23.7 Å². The van der Waals surface area contributed by atoms with E-state index in [1.165, 1.54) is 12.8 Å². The summed E-state index contributed by atoms with van der Waals surface area (Å²) in [7, 11) is 0. The van der Waals surface area contributed by atoms with Gasteiger partial charge in [-0.25, -0.2) is 0 Å². The second-order valence-corrected chi connectivity index (χ2v) is 4.37. The summed E-state index contributed by atoms with van der Waals surface area (Å²) in [6, 6.07) is 1.91. The number of halogens is 2. The SMILES string of the molecule is Cc1cncc(NC(=O)CNCC2CC2)c1.Cl.Cl. The molecule has 1 aromatic rings. The van der Waals surface area contributed by atoms with Crippen molar-refractivity contribution in [3.63, 3.8) is 0 Å². The van der Waals surface area contributed by atoms with Crippen LogP contribution in [0.3, 0.4) is 0 Å². The first kappa shape index (κ1) is 17.2. The average Bonchev–Trinajstić information content (AvgIpc) is 3.01. The Morgan fingerprint density at radius 3 is 2.72 bits per heavy atom. The van der Waals surface area contributed by atoms with Crippen LogP contribution < -0.4 is 10.6 Å². The Labute approximate surface area is 120 Å². The predicted octanol–water partition coefficient (Wildman–Crippen LogP) is 2.17. The summed E-state index contributed by atoms with van der Waals surface area (Å²) < 4.78 is 0. The van der Waals surface area contributed by atoms with Gasteiger partial charge in [-0.2, -0.15) is 0 Å². The number of carbonyl (C=O) groups is 1. The lowest BCUT2D eigenvalue weighted by atomic mass is 10.3. The summed E-state index contributed by atoms with van der Waals surface area (Å²) in [5.74, 6) is 0.793. The molecular weight excluding hydrogens is 273 g/mol. The van der Waals surface area contributed by atoms with E-state index in [-0.39, 0.29) is 30.7 Å². The van der Waals surface area contributed by atoms with Crippen LogP contribution in [0.15, 0.2) is 18.5 Å². The van der Waals surface area contributed by atoms with E-state index >= 15 is 0 Å². The second kappa shape index (κ2) is 8.29. The van der Waals surface area contributed by atoms with E-state index in [1.807, 2.05) is 13.0 Å². The van der Waals surface area contributed by atoms with Crippen molar-refractivity contribution in [1.29, 1.82) is 0 Å². The zero-order chi connectivity index (χ0) is 11.4. The molecule has 102 valence electrons. The van der Waals surface area contributed by atoms with Gasteiger partial charge in [-0.1, -0.05) is 0 Å². The Hall–Kier alpha value is -0.840. The van der Waals surface area contributed by atoms with Crippen molar-refractivity contribution in [2.24, 2.45) is 5.92 Å². The van der Waals surface area contributed by atoms with E-state index in [2.05, 4.69) is 15.6 Å². The highest BCUT2D eigenvalue weighted by Gasteiger charge is 2.20. The molecule has 2 rings (SSSR count). The molecule has 0 radical (unpaired) electrons. The van der Waals surface area contributed by atoms with Gasteiger partial charge in [0.05, 0.1) is 18.4 Å². The largest absolute Gasteiger partial charge is 0.324 e. The van der Waals surface area contributed by atoms with Crippen LogP contribution in [0.2, 0.25) is 0 Å². The van der Waals surface area contributed by atoms with E-state index < -0.39 is 0 Å². The summed E-state index contributed by atoms with van der Waals surface area (Å²) in [4.78, 5) is 15.5. The minimum Gasteiger partial charge on any atom is -0.324 e. The molecular formula is C12H19Cl2N3O. The molecule has 0 aliphatic heterocycles. The number of hydrogen-bond donors (Lipinski definition) is 2. The molecule has 1 saturated carbocycles. The Morgan fingerprint density at radius 1 is 1.39 bits per heavy atom. The summed E-state index contributed by atoms with van der Waals surface area (Å²) >= 11 is 0. The smallest absolute Gasteiger partial charge is 0.238 e. The van der Waals surface area contributed by atoms with E-state index in [4.69, 9.17) is 0 Å². The maximum atomic E-state index is 11.5. The van der Waals surface area contributed by atoms with Crippen LogP contribution in [0, 0.1) is 12.8 Å². The molecule has 1 aliphatic carbocycles. The fourth-order valence-electron chi connectivity index (χ4n) is 1.54. The van der Waals surface area contributed by atoms with Crippen LogP contribution in [0.25, 0.3) is 0 Å². The third kappa shape index (κ3) is 6.19. The fourth-order valence-corrected chi connectivity index (χ4v) is 1.54. The van der Waals surface area contributed by atoms with E-state index in [0.29, 0.717) is 6.54 Å². The van der Waals surface area contributed by atoms with Crippen molar-refractivity contribution < 1.29 is 4.79 Å². The van der Waals surface area contributed by atoms with Crippen LogP contribution in [-0.4, -0.2) is 24.0 Å². The van der Waals surface area contributed by atoms with Gasteiger partial charge in [-0.3, -0.25) is 9.78 Å². The van der Waals surface area contributed by atoms with Gasteiger partial charge in [0, 0.05) is 6.20 Å². The molecule has 1 heterocycles. The molecule has 1 amide bonds. The maximum absolute atomic E-state index is 11.5. The number of aryl methyl sites for hydroxylation is 1. The Kier molecular flexibility index (Phi) is 7.91. The molecule has 0 spiro atoms. The molecule has 1 fully saturated rings. The molecule has 0 atom stereocenters. The van der Waals surface area contributed by atoms with Gasteiger partial charge >= 0.3 is 0 Å². The van der Waals surface area contributed by atoms with Crippen LogP contribution in [0.1, 0.15) is 18.4 Å². The van der Waals surface area contributed by atoms with Gasteiger partial charge in [0.15, 0.2) is 0 Å². The first-order valence-corrected chi connectivity index (χ1v) is 5.66. The summed E-state index contributed by atoms with van der Waals surface area (Å²) in [5, 5.41) is 5.96. The molecule has 6 heteroatoms. The molecule has 0 bridgehead atoms. The van der Waals surface area contributed by atoms with Crippen molar-refractivity contribution in [3.8, 4) is 0 Å². The first-order valence-electron chi connectivity index (χ1n) is 5.66. The molecule has 1 aromatic heterocycles. The highest BCUT2D eigenvalue weighted by Crippen LogP contribution is 2.27. The number of hydrogen-bond acceptors (Lipinski definition) is 3. The van der Waals surface area contributed by atoms with Gasteiger partial charge < -0.3 is 10.6 Å². The highest BCUT2D eigenvalue weighted by atomic mass is 35.5. The standard InChI is InChI=1S/C12H17N3O.2ClH/c1-9-4-11(7-13-5-9)15-12(16)8-14-6-10-2-3-10;;/h4-5,7,10,14H,2-3,6,8H2,1H3,(H,15,16);2*1H. The van der Waals surface area contributed by atoms with Crippen LogP contribution in [-0.2, 0) is 4.79 Å². The number of amides is 1. The zero-order valence-electron chi connectivity index (χ0n) is 10.3. The summed E-state index contributed by atoms with van der Waals surface area (Å²) in [5.41, 5.74) is 1.81. The lowest BCUT2D eigenvalue weighted by Gasteiger charge is -2.06. The van der Waals surface area contributed by atoms with Gasteiger partial charge in [0.1, 0.15) is 0 Å². The third-order valence-corrected chi connectivity index (χ3v) is 2.57. The Balaban J connectivity index is 0.00000144. The Bertz CT molecular complexity index is 383. The number of anilines is 1. The van der Waals surface area contributed by atoms with Crippen LogP contribution >= 0.6 is 24.8 Å². The molecule has 1 aliphatic rings. The summed E-state index contributed by atoms with van der Waals surface area (Å²) in [6.45, 7) is 3.29. The normalized spacial score (nSPS) is 13.2. The minimum atomic E-state index is -0.00644. The number of nitrogens with one attached hydrogen (secondary N) is 2. The topological polar surface area (TPSA) is 54.0 Å². The lowest BCUT2D eigenvalue weighted by molar-refractivity contribution is -0.115. The van der Waals surface area contributed by atoms with Gasteiger partial charge in [0.25, 0.3) is 0 Å². The molecule has 2 N–H and O–H groups in total. The molecule has 0 aromatic carbocycles. The van der Waals surface area contributed by atoms with Crippen molar-refractivity contribution in [1.82, 2.24) is 10.3 Å². The van der Waals surface area contributed by atoms with Crippen molar-refractivity contribution in [2.45, 2.75) is 19.8 Å². The number of carbonyl (C=O) groups excluding carboxylic acids is 1. The van der Waals surface area contributed by atoms with Crippen LogP contribution in [0.4, 0.5) is 5.69 Å². The van der Waals surface area contributed by atoms with Crippen molar-refractivity contribution in [2.75, 3.05) is 18.4 Å². The highest BCUT2D eigenvalue weighted by molar-refractivity contribution is 5.92. The lowest BCUT2D eigenvalue weighted by Crippen LogP contribution is -2.29. The minimum absolute atomic E-state index is 0. The molecule has 4 nitrogen and oxygen atoms in total. The van der Waals surface area contributed by atoms with Crippen LogP contribution in [0.5, 0.6) is 0 Å². The van der Waals surface area contributed by atoms with E-state index in [9.17, 15) is 4.79 Å². The van der Waals surface area contributed by atoms with Crippen molar-refractivity contribution >= 4 is 36.4 Å². The average molecular weight is 292 g/mol. The number of rotatable bonds is 5. The third-order valence-electron chi connectivity index (χ3n) is 2.57. The monoisotopic (exact) mass is 291 g/mol. The predicted molar refractivity (Wildman–Crippen MR) is 77.7 cm³/mol. The fraction of sp³-hybridized carbons (Fsp3) is 0.500. The van der Waals surface area contributed by atoms with Gasteiger partial charge in [-0.15, -0.1) is 24.8 Å². The Morgan fingerprint density at radius 2 is 2.11 bits per heavy atom. The first-order chi connectivity index (χ1) is 7.74.